The number of carboxylic acid groups (broad SMARTS) is 1. The SMILES string of the molecule is Cc1ccc(C(=O)N2CCC(c3ccccc3OC(C)(C)C(=O)O)CC2)cc1. The number of hydrogen-bond acceptors (Lipinski definition) is 3. The number of carboxylic acids is 1. The molecule has 1 heterocycles. The third-order valence-corrected chi connectivity index (χ3v) is 5.32. The molecule has 1 amide bonds. The molecule has 0 unspecified atom stereocenters. The Bertz CT molecular complexity index is 849. The molecule has 5 heteroatoms. The molecule has 148 valence electrons. The summed E-state index contributed by atoms with van der Waals surface area (Å²) in [4.78, 5) is 26.0. The van der Waals surface area contributed by atoms with Crippen molar-refractivity contribution in [3.8, 4) is 5.75 Å². The van der Waals surface area contributed by atoms with Crippen LogP contribution in [0.25, 0.3) is 0 Å². The molecule has 0 radical (unpaired) electrons. The third kappa shape index (κ3) is 4.35. The quantitative estimate of drug-likeness (QED) is 0.840. The number of amides is 1. The highest BCUT2D eigenvalue weighted by Gasteiger charge is 2.32. The lowest BCUT2D eigenvalue weighted by Gasteiger charge is -2.33. The van der Waals surface area contributed by atoms with Crippen molar-refractivity contribution in [1.82, 2.24) is 4.90 Å². The number of aryl methyl sites for hydroxylation is 1. The maximum absolute atomic E-state index is 12.7. The smallest absolute Gasteiger partial charge is 0.347 e. The number of carbonyl (C=O) groups is 2. The predicted molar refractivity (Wildman–Crippen MR) is 108 cm³/mol. The van der Waals surface area contributed by atoms with Gasteiger partial charge in [-0.2, -0.15) is 0 Å². The average molecular weight is 381 g/mol. The molecule has 2 aromatic carbocycles. The van der Waals surface area contributed by atoms with E-state index in [2.05, 4.69) is 0 Å². The molecule has 3 rings (SSSR count). The topological polar surface area (TPSA) is 66.8 Å². The predicted octanol–water partition coefficient (Wildman–Crippen LogP) is 4.26. The molecule has 0 aliphatic carbocycles. The summed E-state index contributed by atoms with van der Waals surface area (Å²) in [6, 6.07) is 15.3. The minimum atomic E-state index is -1.29. The van der Waals surface area contributed by atoms with Crippen LogP contribution in [0.4, 0.5) is 0 Å². The number of aliphatic carboxylic acids is 1. The number of likely N-dealkylation sites (tertiary alicyclic amines) is 1. The molecule has 1 N–H and O–H groups in total. The summed E-state index contributed by atoms with van der Waals surface area (Å²) < 4.78 is 5.82. The van der Waals surface area contributed by atoms with Gasteiger partial charge in [0.25, 0.3) is 5.91 Å². The number of benzene rings is 2. The van der Waals surface area contributed by atoms with Crippen molar-refractivity contribution in [2.45, 2.75) is 45.1 Å². The molecule has 1 saturated heterocycles. The highest BCUT2D eigenvalue weighted by molar-refractivity contribution is 5.94. The van der Waals surface area contributed by atoms with E-state index in [4.69, 9.17) is 4.74 Å². The first-order chi connectivity index (χ1) is 13.3. The number of carbonyl (C=O) groups excluding carboxylic acids is 1. The fraction of sp³-hybridized carbons (Fsp3) is 0.391. The Labute approximate surface area is 165 Å². The highest BCUT2D eigenvalue weighted by atomic mass is 16.5. The van der Waals surface area contributed by atoms with Crippen LogP contribution >= 0.6 is 0 Å². The Morgan fingerprint density at radius 1 is 1.04 bits per heavy atom. The van der Waals surface area contributed by atoms with Crippen LogP contribution in [0.5, 0.6) is 5.75 Å². The van der Waals surface area contributed by atoms with E-state index in [0.717, 1.165) is 29.5 Å². The van der Waals surface area contributed by atoms with Crippen molar-refractivity contribution < 1.29 is 19.4 Å². The van der Waals surface area contributed by atoms with Gasteiger partial charge in [0, 0.05) is 18.7 Å². The van der Waals surface area contributed by atoms with Crippen LogP contribution in [0.3, 0.4) is 0 Å². The zero-order valence-corrected chi connectivity index (χ0v) is 16.6. The Balaban J connectivity index is 1.69. The lowest BCUT2D eigenvalue weighted by Crippen LogP contribution is -2.39. The number of hydrogen-bond donors (Lipinski definition) is 1. The van der Waals surface area contributed by atoms with Crippen molar-refractivity contribution in [3.63, 3.8) is 0 Å². The van der Waals surface area contributed by atoms with Crippen LogP contribution < -0.4 is 4.74 Å². The summed E-state index contributed by atoms with van der Waals surface area (Å²) >= 11 is 0. The summed E-state index contributed by atoms with van der Waals surface area (Å²) in [5.41, 5.74) is 1.57. The average Bonchev–Trinajstić information content (AvgIpc) is 2.68. The minimum absolute atomic E-state index is 0.0648. The lowest BCUT2D eigenvalue weighted by molar-refractivity contribution is -0.152. The molecule has 5 nitrogen and oxygen atoms in total. The van der Waals surface area contributed by atoms with E-state index in [0.29, 0.717) is 18.8 Å². The van der Waals surface area contributed by atoms with Crippen molar-refractivity contribution in [2.24, 2.45) is 0 Å². The summed E-state index contributed by atoms with van der Waals surface area (Å²) in [5.74, 6) is -0.0862. The van der Waals surface area contributed by atoms with Crippen molar-refractivity contribution in [3.05, 3.63) is 65.2 Å². The molecule has 0 saturated carbocycles. The number of ether oxygens (including phenoxy) is 1. The minimum Gasteiger partial charge on any atom is -0.478 e. The maximum Gasteiger partial charge on any atom is 0.347 e. The molecule has 2 aromatic rings. The van der Waals surface area contributed by atoms with Gasteiger partial charge >= 0.3 is 5.97 Å². The second-order valence-corrected chi connectivity index (χ2v) is 7.89. The normalized spacial score (nSPS) is 15.3. The Kier molecular flexibility index (Phi) is 5.73. The van der Waals surface area contributed by atoms with E-state index < -0.39 is 11.6 Å². The van der Waals surface area contributed by atoms with Crippen molar-refractivity contribution in [2.75, 3.05) is 13.1 Å². The van der Waals surface area contributed by atoms with Crippen LogP contribution in [0, 0.1) is 6.92 Å². The Hall–Kier alpha value is -2.82. The third-order valence-electron chi connectivity index (χ3n) is 5.32. The fourth-order valence-corrected chi connectivity index (χ4v) is 3.50. The fourth-order valence-electron chi connectivity index (χ4n) is 3.50. The van der Waals surface area contributed by atoms with Crippen LogP contribution in [-0.4, -0.2) is 40.6 Å². The highest BCUT2D eigenvalue weighted by Crippen LogP contribution is 2.36. The van der Waals surface area contributed by atoms with E-state index in [1.807, 2.05) is 60.4 Å². The Morgan fingerprint density at radius 2 is 1.64 bits per heavy atom. The molecule has 1 fully saturated rings. The first-order valence-corrected chi connectivity index (χ1v) is 9.65. The zero-order chi connectivity index (χ0) is 20.3. The second-order valence-electron chi connectivity index (χ2n) is 7.89. The number of nitrogens with zero attached hydrogens (tertiary/aromatic N) is 1. The van der Waals surface area contributed by atoms with Gasteiger partial charge in [0.2, 0.25) is 0 Å². The van der Waals surface area contributed by atoms with Gasteiger partial charge < -0.3 is 14.7 Å². The summed E-state index contributed by atoms with van der Waals surface area (Å²) in [6.45, 7) is 6.46. The molecule has 0 aromatic heterocycles. The molecule has 1 aliphatic rings. The second kappa shape index (κ2) is 8.05. The van der Waals surface area contributed by atoms with E-state index >= 15 is 0 Å². The van der Waals surface area contributed by atoms with Gasteiger partial charge in [-0.15, -0.1) is 0 Å². The molecule has 0 spiro atoms. The van der Waals surface area contributed by atoms with Gasteiger partial charge in [-0.3, -0.25) is 4.79 Å². The van der Waals surface area contributed by atoms with Crippen LogP contribution in [0.2, 0.25) is 0 Å². The number of rotatable bonds is 5. The zero-order valence-electron chi connectivity index (χ0n) is 16.6. The van der Waals surface area contributed by atoms with Gasteiger partial charge in [0.05, 0.1) is 0 Å². The molecule has 1 aliphatic heterocycles. The van der Waals surface area contributed by atoms with E-state index in [1.54, 1.807) is 13.8 Å². The van der Waals surface area contributed by atoms with E-state index in [9.17, 15) is 14.7 Å². The van der Waals surface area contributed by atoms with Crippen LogP contribution in [-0.2, 0) is 4.79 Å². The van der Waals surface area contributed by atoms with E-state index in [1.165, 1.54) is 0 Å². The van der Waals surface area contributed by atoms with Gasteiger partial charge in [-0.25, -0.2) is 4.79 Å². The van der Waals surface area contributed by atoms with Gasteiger partial charge in [-0.05, 0) is 63.3 Å². The molecular formula is C23H27NO4. The van der Waals surface area contributed by atoms with Crippen molar-refractivity contribution >= 4 is 11.9 Å². The van der Waals surface area contributed by atoms with E-state index in [-0.39, 0.29) is 11.8 Å². The Morgan fingerprint density at radius 3 is 2.25 bits per heavy atom. The largest absolute Gasteiger partial charge is 0.478 e. The standard InChI is InChI=1S/C23H27NO4/c1-16-8-10-18(11-9-16)21(25)24-14-12-17(13-15-24)19-6-4-5-7-20(19)28-23(2,3)22(26)27/h4-11,17H,12-15H2,1-3H3,(H,26,27). The summed E-state index contributed by atoms with van der Waals surface area (Å²) in [7, 11) is 0. The molecular weight excluding hydrogens is 354 g/mol. The maximum atomic E-state index is 12.7. The van der Waals surface area contributed by atoms with Gasteiger partial charge in [-0.1, -0.05) is 35.9 Å². The van der Waals surface area contributed by atoms with Crippen LogP contribution in [0.1, 0.15) is 54.1 Å². The first-order valence-electron chi connectivity index (χ1n) is 9.65. The number of para-hydroxylation sites is 1. The summed E-state index contributed by atoms with van der Waals surface area (Å²) in [6.07, 6.45) is 1.65. The van der Waals surface area contributed by atoms with Crippen molar-refractivity contribution in [1.29, 1.82) is 0 Å². The summed E-state index contributed by atoms with van der Waals surface area (Å²) in [5, 5.41) is 9.36. The molecule has 0 atom stereocenters. The van der Waals surface area contributed by atoms with Gasteiger partial charge in [0.1, 0.15) is 5.75 Å². The van der Waals surface area contributed by atoms with Crippen LogP contribution in [0.15, 0.2) is 48.5 Å². The van der Waals surface area contributed by atoms with Gasteiger partial charge in [0.15, 0.2) is 5.60 Å². The monoisotopic (exact) mass is 381 g/mol. The molecule has 0 bridgehead atoms. The lowest BCUT2D eigenvalue weighted by atomic mass is 9.88. The first kappa shape index (κ1) is 19.9. The number of piperidine rings is 1. The molecule has 28 heavy (non-hydrogen) atoms.